The highest BCUT2D eigenvalue weighted by molar-refractivity contribution is 6.34. The molecule has 1 fully saturated rings. The fourth-order valence-electron chi connectivity index (χ4n) is 3.05. The number of amides is 2. The Balaban J connectivity index is 1.56. The number of halogens is 1. The molecule has 0 saturated carbocycles. The first-order chi connectivity index (χ1) is 13.6. The Morgan fingerprint density at radius 1 is 0.964 bits per heavy atom. The van der Waals surface area contributed by atoms with Gasteiger partial charge in [0.2, 0.25) is 0 Å². The number of carbonyl (C=O) groups is 2. The summed E-state index contributed by atoms with van der Waals surface area (Å²) < 4.78 is 5.33. The Bertz CT molecular complexity index is 822. The van der Waals surface area contributed by atoms with Crippen LogP contribution in [0.15, 0.2) is 48.5 Å². The van der Waals surface area contributed by atoms with Crippen molar-refractivity contribution in [2.45, 2.75) is 6.42 Å². The van der Waals surface area contributed by atoms with Crippen molar-refractivity contribution in [2.24, 2.45) is 0 Å². The molecule has 2 aromatic carbocycles. The number of morpholine rings is 1. The van der Waals surface area contributed by atoms with E-state index in [2.05, 4.69) is 15.5 Å². The highest BCUT2D eigenvalue weighted by atomic mass is 35.5. The molecule has 0 aromatic heterocycles. The summed E-state index contributed by atoms with van der Waals surface area (Å²) in [7, 11) is 0. The standard InChI is InChI=1S/C21H24ClN3O3/c22-18-8-3-1-6-16(18)21(27)24-19-9-4-2-7-17(19)20(26)23-10-5-11-25-12-14-28-15-13-25/h1-4,6-9H,5,10-15H2,(H,23,26)(H,24,27). The lowest BCUT2D eigenvalue weighted by molar-refractivity contribution is 0.0374. The van der Waals surface area contributed by atoms with Gasteiger partial charge in [-0.05, 0) is 37.2 Å². The van der Waals surface area contributed by atoms with E-state index in [0.717, 1.165) is 39.3 Å². The first-order valence-electron chi connectivity index (χ1n) is 9.38. The first-order valence-corrected chi connectivity index (χ1v) is 9.76. The summed E-state index contributed by atoms with van der Waals surface area (Å²) in [5.41, 5.74) is 1.25. The van der Waals surface area contributed by atoms with Crippen molar-refractivity contribution in [2.75, 3.05) is 44.7 Å². The van der Waals surface area contributed by atoms with Gasteiger partial charge in [0.1, 0.15) is 0 Å². The lowest BCUT2D eigenvalue weighted by Crippen LogP contribution is -2.38. The van der Waals surface area contributed by atoms with Crippen LogP contribution in [0.1, 0.15) is 27.1 Å². The predicted molar refractivity (Wildman–Crippen MR) is 110 cm³/mol. The summed E-state index contributed by atoms with van der Waals surface area (Å²) in [6, 6.07) is 13.8. The van der Waals surface area contributed by atoms with Crippen molar-refractivity contribution in [3.63, 3.8) is 0 Å². The summed E-state index contributed by atoms with van der Waals surface area (Å²) in [5, 5.41) is 6.08. The zero-order valence-corrected chi connectivity index (χ0v) is 16.4. The highest BCUT2D eigenvalue weighted by Crippen LogP contribution is 2.20. The molecule has 2 aromatic rings. The molecule has 6 nitrogen and oxygen atoms in total. The van der Waals surface area contributed by atoms with Gasteiger partial charge in [0.15, 0.2) is 0 Å². The van der Waals surface area contributed by atoms with Crippen molar-refractivity contribution < 1.29 is 14.3 Å². The minimum atomic E-state index is -0.349. The molecule has 0 unspecified atom stereocenters. The van der Waals surface area contributed by atoms with Crippen LogP contribution in [-0.4, -0.2) is 56.1 Å². The van der Waals surface area contributed by atoms with Crippen LogP contribution in [0, 0.1) is 0 Å². The number of benzene rings is 2. The van der Waals surface area contributed by atoms with Gasteiger partial charge in [0.25, 0.3) is 11.8 Å². The zero-order chi connectivity index (χ0) is 19.8. The summed E-state index contributed by atoms with van der Waals surface area (Å²) >= 11 is 6.08. The number of hydrogen-bond donors (Lipinski definition) is 2. The summed E-state index contributed by atoms with van der Waals surface area (Å²) in [4.78, 5) is 27.4. The molecule has 1 saturated heterocycles. The Labute approximate surface area is 169 Å². The van der Waals surface area contributed by atoms with Crippen LogP contribution in [0.25, 0.3) is 0 Å². The second-order valence-electron chi connectivity index (χ2n) is 6.54. The number of ether oxygens (including phenoxy) is 1. The maximum Gasteiger partial charge on any atom is 0.257 e. The van der Waals surface area contributed by atoms with Gasteiger partial charge in [-0.3, -0.25) is 14.5 Å². The third kappa shape index (κ3) is 5.55. The third-order valence-corrected chi connectivity index (χ3v) is 4.91. The Morgan fingerprint density at radius 2 is 1.64 bits per heavy atom. The molecule has 1 aliphatic heterocycles. The number of hydrogen-bond acceptors (Lipinski definition) is 4. The monoisotopic (exact) mass is 401 g/mol. The molecule has 7 heteroatoms. The maximum atomic E-state index is 12.6. The summed E-state index contributed by atoms with van der Waals surface area (Å²) in [5.74, 6) is -0.560. The van der Waals surface area contributed by atoms with Gasteiger partial charge >= 0.3 is 0 Å². The van der Waals surface area contributed by atoms with Crippen LogP contribution in [0.5, 0.6) is 0 Å². The van der Waals surface area contributed by atoms with Crippen molar-refractivity contribution >= 4 is 29.1 Å². The predicted octanol–water partition coefficient (Wildman–Crippen LogP) is 3.04. The van der Waals surface area contributed by atoms with E-state index in [1.807, 2.05) is 0 Å². The smallest absolute Gasteiger partial charge is 0.257 e. The fourth-order valence-corrected chi connectivity index (χ4v) is 3.27. The van der Waals surface area contributed by atoms with Gasteiger partial charge in [-0.2, -0.15) is 0 Å². The molecular formula is C21H24ClN3O3. The van der Waals surface area contributed by atoms with Crippen molar-refractivity contribution in [1.29, 1.82) is 0 Å². The molecule has 0 atom stereocenters. The van der Waals surface area contributed by atoms with Crippen LogP contribution in [-0.2, 0) is 4.74 Å². The van der Waals surface area contributed by atoms with Crippen molar-refractivity contribution in [3.05, 3.63) is 64.7 Å². The largest absolute Gasteiger partial charge is 0.379 e. The van der Waals surface area contributed by atoms with Gasteiger partial charge in [0.05, 0.1) is 35.1 Å². The third-order valence-electron chi connectivity index (χ3n) is 4.58. The molecule has 28 heavy (non-hydrogen) atoms. The van der Waals surface area contributed by atoms with Crippen LogP contribution in [0.4, 0.5) is 5.69 Å². The Hall–Kier alpha value is -2.41. The van der Waals surface area contributed by atoms with E-state index in [9.17, 15) is 9.59 Å². The zero-order valence-electron chi connectivity index (χ0n) is 15.6. The number of nitrogens with one attached hydrogen (secondary N) is 2. The SMILES string of the molecule is O=C(Nc1ccccc1C(=O)NCCCN1CCOCC1)c1ccccc1Cl. The molecule has 0 bridgehead atoms. The van der Waals surface area contributed by atoms with Crippen molar-refractivity contribution in [3.8, 4) is 0 Å². The molecule has 0 radical (unpaired) electrons. The average molecular weight is 402 g/mol. The van der Waals surface area contributed by atoms with E-state index in [4.69, 9.17) is 16.3 Å². The van der Waals surface area contributed by atoms with E-state index in [1.165, 1.54) is 0 Å². The first kappa shape index (κ1) is 20.3. The van der Waals surface area contributed by atoms with E-state index in [-0.39, 0.29) is 11.8 Å². The number of nitrogens with zero attached hydrogens (tertiary/aromatic N) is 1. The summed E-state index contributed by atoms with van der Waals surface area (Å²) in [6.07, 6.45) is 0.861. The van der Waals surface area contributed by atoms with Crippen LogP contribution in [0.2, 0.25) is 5.02 Å². The minimum absolute atomic E-state index is 0.211. The molecule has 148 valence electrons. The lowest BCUT2D eigenvalue weighted by atomic mass is 10.1. The molecule has 1 aliphatic rings. The van der Waals surface area contributed by atoms with Crippen LogP contribution >= 0.6 is 11.6 Å². The van der Waals surface area contributed by atoms with Crippen molar-refractivity contribution in [1.82, 2.24) is 10.2 Å². The molecule has 0 aliphatic carbocycles. The number of rotatable bonds is 7. The van der Waals surface area contributed by atoms with E-state index in [1.54, 1.807) is 48.5 Å². The quantitative estimate of drug-likeness (QED) is 0.699. The summed E-state index contributed by atoms with van der Waals surface area (Å²) in [6.45, 7) is 4.91. The molecule has 3 rings (SSSR count). The maximum absolute atomic E-state index is 12.6. The normalized spacial score (nSPS) is 14.5. The molecule has 2 N–H and O–H groups in total. The molecular weight excluding hydrogens is 378 g/mol. The topological polar surface area (TPSA) is 70.7 Å². The lowest BCUT2D eigenvalue weighted by Gasteiger charge is -2.26. The fraction of sp³-hybridized carbons (Fsp3) is 0.333. The van der Waals surface area contributed by atoms with Crippen LogP contribution in [0.3, 0.4) is 0 Å². The number of carbonyl (C=O) groups excluding carboxylic acids is 2. The van der Waals surface area contributed by atoms with Gasteiger partial charge in [0, 0.05) is 19.6 Å². The van der Waals surface area contributed by atoms with E-state index < -0.39 is 0 Å². The van der Waals surface area contributed by atoms with Gasteiger partial charge < -0.3 is 15.4 Å². The molecule has 2 amide bonds. The Kier molecular flexibility index (Phi) is 7.42. The molecule has 1 heterocycles. The number of para-hydroxylation sites is 1. The second kappa shape index (κ2) is 10.2. The van der Waals surface area contributed by atoms with Crippen LogP contribution < -0.4 is 10.6 Å². The van der Waals surface area contributed by atoms with Gasteiger partial charge in [-0.1, -0.05) is 35.9 Å². The highest BCUT2D eigenvalue weighted by Gasteiger charge is 2.15. The minimum Gasteiger partial charge on any atom is -0.379 e. The van der Waals surface area contributed by atoms with E-state index in [0.29, 0.717) is 28.4 Å². The van der Waals surface area contributed by atoms with Gasteiger partial charge in [-0.15, -0.1) is 0 Å². The van der Waals surface area contributed by atoms with E-state index >= 15 is 0 Å². The molecule has 0 spiro atoms. The Morgan fingerprint density at radius 3 is 2.39 bits per heavy atom. The number of anilines is 1. The van der Waals surface area contributed by atoms with Gasteiger partial charge in [-0.25, -0.2) is 0 Å². The average Bonchev–Trinajstić information content (AvgIpc) is 2.72. The second-order valence-corrected chi connectivity index (χ2v) is 6.95.